The largest absolute Gasteiger partial charge is 0.353 e. The topological polar surface area (TPSA) is 86.0 Å². The average Bonchev–Trinajstić information content (AvgIpc) is 3.34. The van der Waals surface area contributed by atoms with E-state index in [4.69, 9.17) is 0 Å². The molecule has 2 saturated carbocycles. The number of pyridine rings is 1. The predicted octanol–water partition coefficient (Wildman–Crippen LogP) is 3.95. The molecule has 1 aliphatic heterocycles. The molecular formula is C25H33FN4O3S. The fraction of sp³-hybridized carbons (Fsp3) is 0.680. The van der Waals surface area contributed by atoms with Gasteiger partial charge in [0.15, 0.2) is 0 Å². The number of thioether (sulfide) groups is 1. The summed E-state index contributed by atoms with van der Waals surface area (Å²) in [6.07, 6.45) is 10.8. The Hall–Kier alpha value is -2.16. The van der Waals surface area contributed by atoms with Crippen LogP contribution in [0.5, 0.6) is 0 Å². The number of rotatable bonds is 5. The van der Waals surface area contributed by atoms with Crippen LogP contribution in [0.15, 0.2) is 21.9 Å². The van der Waals surface area contributed by atoms with Gasteiger partial charge in [0.2, 0.25) is 5.91 Å². The average molecular weight is 489 g/mol. The summed E-state index contributed by atoms with van der Waals surface area (Å²) < 4.78 is 17.0. The van der Waals surface area contributed by atoms with Crippen LogP contribution in [0.2, 0.25) is 0 Å². The van der Waals surface area contributed by atoms with Crippen molar-refractivity contribution < 1.29 is 9.18 Å². The minimum absolute atomic E-state index is 0.0349. The zero-order valence-corrected chi connectivity index (χ0v) is 20.3. The van der Waals surface area contributed by atoms with E-state index in [1.807, 2.05) is 11.8 Å². The SMILES string of the molecule is O=C(CC1CCCC1)N[C@H]1CC[C@@H](n2c(=O)c3cc(F)cnc3n(C3CCSCC3)c2=O)CC1. The summed E-state index contributed by atoms with van der Waals surface area (Å²) in [5.74, 6) is 1.96. The van der Waals surface area contributed by atoms with Crippen LogP contribution in [0.3, 0.4) is 0 Å². The van der Waals surface area contributed by atoms with Crippen LogP contribution in [0, 0.1) is 11.7 Å². The number of carbonyl (C=O) groups excluding carboxylic acids is 1. The standard InChI is InChI=1S/C25H33FN4O3S/c26-17-14-21-23(27-15-17)29(20-9-11-34-12-10-20)25(33)30(24(21)32)19-7-5-18(6-8-19)28-22(31)13-16-3-1-2-4-16/h14-16,18-20H,1-13H2,(H,28,31)/t18-,19+. The maximum Gasteiger partial charge on any atom is 0.333 e. The molecule has 7 nitrogen and oxygen atoms in total. The zero-order valence-electron chi connectivity index (χ0n) is 19.5. The molecule has 0 radical (unpaired) electrons. The molecule has 9 heteroatoms. The number of amides is 1. The van der Waals surface area contributed by atoms with E-state index < -0.39 is 11.4 Å². The molecule has 34 heavy (non-hydrogen) atoms. The number of halogens is 1. The lowest BCUT2D eigenvalue weighted by atomic mass is 9.90. The fourth-order valence-corrected chi connectivity index (χ4v) is 7.12. The molecule has 2 aliphatic carbocycles. The lowest BCUT2D eigenvalue weighted by Crippen LogP contribution is -2.46. The highest BCUT2D eigenvalue weighted by atomic mass is 32.2. The van der Waals surface area contributed by atoms with Crippen molar-refractivity contribution in [2.24, 2.45) is 5.92 Å². The minimum atomic E-state index is -0.575. The van der Waals surface area contributed by atoms with Crippen molar-refractivity contribution in [3.63, 3.8) is 0 Å². The van der Waals surface area contributed by atoms with Gasteiger partial charge in [-0.05, 0) is 74.9 Å². The van der Waals surface area contributed by atoms with Gasteiger partial charge in [0.25, 0.3) is 5.56 Å². The second kappa shape index (κ2) is 10.2. The second-order valence-electron chi connectivity index (χ2n) is 10.1. The number of nitrogens with one attached hydrogen (secondary N) is 1. The van der Waals surface area contributed by atoms with Gasteiger partial charge >= 0.3 is 5.69 Å². The normalized spacial score (nSPS) is 24.5. The van der Waals surface area contributed by atoms with Crippen molar-refractivity contribution in [2.45, 2.75) is 88.8 Å². The predicted molar refractivity (Wildman–Crippen MR) is 132 cm³/mol. The number of hydrogen-bond acceptors (Lipinski definition) is 5. The number of carbonyl (C=O) groups is 1. The summed E-state index contributed by atoms with van der Waals surface area (Å²) in [6.45, 7) is 0. The fourth-order valence-electron chi connectivity index (χ4n) is 6.04. The molecule has 2 aromatic heterocycles. The molecule has 3 heterocycles. The molecule has 0 unspecified atom stereocenters. The van der Waals surface area contributed by atoms with Gasteiger partial charge in [-0.1, -0.05) is 12.8 Å². The highest BCUT2D eigenvalue weighted by Gasteiger charge is 2.30. The van der Waals surface area contributed by atoms with Crippen LogP contribution >= 0.6 is 11.8 Å². The number of nitrogens with zero attached hydrogens (tertiary/aromatic N) is 3. The number of hydrogen-bond donors (Lipinski definition) is 1. The van der Waals surface area contributed by atoms with E-state index in [0.717, 1.165) is 56.2 Å². The van der Waals surface area contributed by atoms with Crippen LogP contribution in [0.25, 0.3) is 11.0 Å². The number of fused-ring (bicyclic) bond motifs is 1. The van der Waals surface area contributed by atoms with E-state index in [2.05, 4.69) is 10.3 Å². The lowest BCUT2D eigenvalue weighted by Gasteiger charge is -2.31. The molecular weight excluding hydrogens is 455 g/mol. The summed E-state index contributed by atoms with van der Waals surface area (Å²) in [5, 5.41) is 3.35. The van der Waals surface area contributed by atoms with Crippen LogP contribution in [-0.2, 0) is 4.79 Å². The Morgan fingerprint density at radius 3 is 2.38 bits per heavy atom. The van der Waals surface area contributed by atoms with Crippen LogP contribution < -0.4 is 16.6 Å². The van der Waals surface area contributed by atoms with E-state index in [-0.39, 0.29) is 40.8 Å². The molecule has 0 aromatic carbocycles. The Morgan fingerprint density at radius 1 is 1.00 bits per heavy atom. The van der Waals surface area contributed by atoms with E-state index in [9.17, 15) is 18.8 Å². The van der Waals surface area contributed by atoms with E-state index in [1.165, 1.54) is 23.5 Å². The Bertz CT molecular complexity index is 1160. The Morgan fingerprint density at radius 2 is 1.68 bits per heavy atom. The molecule has 2 aromatic rings. The van der Waals surface area contributed by atoms with E-state index >= 15 is 0 Å². The van der Waals surface area contributed by atoms with Gasteiger partial charge in [0.1, 0.15) is 11.5 Å². The molecule has 1 N–H and O–H groups in total. The third-order valence-electron chi connectivity index (χ3n) is 7.85. The molecule has 1 saturated heterocycles. The monoisotopic (exact) mass is 488 g/mol. The van der Waals surface area contributed by atoms with Crippen molar-refractivity contribution in [3.05, 3.63) is 38.9 Å². The first kappa shape index (κ1) is 23.6. The molecule has 184 valence electrons. The zero-order chi connectivity index (χ0) is 23.7. The van der Waals surface area contributed by atoms with Crippen molar-refractivity contribution in [1.82, 2.24) is 19.4 Å². The summed E-state index contributed by atoms with van der Waals surface area (Å²) >= 11 is 1.86. The first-order valence-corrected chi connectivity index (χ1v) is 13.9. The van der Waals surface area contributed by atoms with Gasteiger partial charge in [-0.15, -0.1) is 0 Å². The van der Waals surface area contributed by atoms with Crippen molar-refractivity contribution in [3.8, 4) is 0 Å². The summed E-state index contributed by atoms with van der Waals surface area (Å²) in [5.41, 5.74) is -0.498. The third-order valence-corrected chi connectivity index (χ3v) is 8.90. The first-order valence-electron chi connectivity index (χ1n) is 12.7. The van der Waals surface area contributed by atoms with E-state index in [0.29, 0.717) is 25.2 Å². The molecule has 0 bridgehead atoms. The molecule has 1 amide bonds. The Labute approximate surface area is 202 Å². The number of aromatic nitrogens is 3. The molecule has 3 fully saturated rings. The van der Waals surface area contributed by atoms with Crippen molar-refractivity contribution in [2.75, 3.05) is 11.5 Å². The van der Waals surface area contributed by atoms with E-state index in [1.54, 1.807) is 4.57 Å². The highest BCUT2D eigenvalue weighted by molar-refractivity contribution is 7.99. The van der Waals surface area contributed by atoms with Crippen LogP contribution in [-0.4, -0.2) is 37.6 Å². The van der Waals surface area contributed by atoms with Gasteiger partial charge in [-0.25, -0.2) is 14.2 Å². The summed E-state index contributed by atoms with van der Waals surface area (Å²) in [4.78, 5) is 43.6. The Kier molecular flexibility index (Phi) is 7.09. The highest BCUT2D eigenvalue weighted by Crippen LogP contribution is 2.31. The quantitative estimate of drug-likeness (QED) is 0.689. The van der Waals surface area contributed by atoms with Gasteiger partial charge in [-0.2, -0.15) is 11.8 Å². The lowest BCUT2D eigenvalue weighted by molar-refractivity contribution is -0.122. The second-order valence-corrected chi connectivity index (χ2v) is 11.3. The van der Waals surface area contributed by atoms with Crippen molar-refractivity contribution in [1.29, 1.82) is 0 Å². The Balaban J connectivity index is 1.38. The van der Waals surface area contributed by atoms with Crippen molar-refractivity contribution >= 4 is 28.7 Å². The summed E-state index contributed by atoms with van der Waals surface area (Å²) in [6, 6.07) is 1.01. The maximum absolute atomic E-state index is 14.0. The van der Waals surface area contributed by atoms with Crippen LogP contribution in [0.1, 0.15) is 82.7 Å². The first-order chi connectivity index (χ1) is 16.5. The molecule has 5 rings (SSSR count). The van der Waals surface area contributed by atoms with Crippen LogP contribution in [0.4, 0.5) is 4.39 Å². The van der Waals surface area contributed by atoms with Gasteiger partial charge in [0.05, 0.1) is 11.6 Å². The molecule has 0 atom stereocenters. The van der Waals surface area contributed by atoms with Gasteiger partial charge in [-0.3, -0.25) is 18.7 Å². The smallest absolute Gasteiger partial charge is 0.333 e. The van der Waals surface area contributed by atoms with Gasteiger partial charge < -0.3 is 5.32 Å². The maximum atomic E-state index is 14.0. The summed E-state index contributed by atoms with van der Waals surface area (Å²) in [7, 11) is 0. The molecule has 3 aliphatic rings. The van der Waals surface area contributed by atoms with Gasteiger partial charge in [0, 0.05) is 24.5 Å². The molecule has 0 spiro atoms. The third kappa shape index (κ3) is 4.81. The minimum Gasteiger partial charge on any atom is -0.353 e.